The second kappa shape index (κ2) is 4.95. The highest BCUT2D eigenvalue weighted by atomic mass is 35.5. The molecule has 0 bridgehead atoms. The van der Waals surface area contributed by atoms with Gasteiger partial charge in [0.2, 0.25) is 10.0 Å². The van der Waals surface area contributed by atoms with E-state index in [9.17, 15) is 8.42 Å². The molecule has 68 valence electrons. The molecular weight excluding hydrogens is 186 g/mol. The van der Waals surface area contributed by atoms with Crippen LogP contribution in [0.5, 0.6) is 0 Å². The topological polar surface area (TPSA) is 37.4 Å². The maximum absolute atomic E-state index is 11.0. The first-order chi connectivity index (χ1) is 5.04. The number of sulfonamides is 1. The Labute approximate surface area is 73.4 Å². The minimum Gasteiger partial charge on any atom is -0.211 e. The van der Waals surface area contributed by atoms with E-state index in [0.29, 0.717) is 6.54 Å². The van der Waals surface area contributed by atoms with Crippen molar-refractivity contribution in [3.8, 4) is 0 Å². The summed E-state index contributed by atoms with van der Waals surface area (Å²) >= 11 is 5.24. The van der Waals surface area contributed by atoms with E-state index in [0.717, 1.165) is 12.8 Å². The molecular formula is C6H14ClNO2S. The number of rotatable bonds is 5. The number of hydrogen-bond acceptors (Lipinski definition) is 2. The number of nitrogens with zero attached hydrogens (tertiary/aromatic N) is 1. The Morgan fingerprint density at radius 1 is 1.45 bits per heavy atom. The minimum absolute atomic E-state index is 0.326. The Morgan fingerprint density at radius 3 is 2.36 bits per heavy atom. The van der Waals surface area contributed by atoms with Gasteiger partial charge in [-0.15, -0.1) is 11.6 Å². The Kier molecular flexibility index (Phi) is 5.04. The summed E-state index contributed by atoms with van der Waals surface area (Å²) in [6.45, 7) is 2.58. The van der Waals surface area contributed by atoms with E-state index in [1.54, 1.807) is 7.05 Å². The fourth-order valence-corrected chi connectivity index (χ4v) is 1.68. The van der Waals surface area contributed by atoms with Crippen molar-refractivity contribution in [2.24, 2.45) is 0 Å². The van der Waals surface area contributed by atoms with E-state index in [-0.39, 0.29) is 5.21 Å². The molecule has 5 heteroatoms. The van der Waals surface area contributed by atoms with Gasteiger partial charge >= 0.3 is 0 Å². The molecule has 0 fully saturated rings. The normalized spacial score (nSPS) is 12.4. The summed E-state index contributed by atoms with van der Waals surface area (Å²) in [4.78, 5) is 0. The molecule has 0 atom stereocenters. The lowest BCUT2D eigenvalue weighted by Crippen LogP contribution is -2.28. The molecule has 0 radical (unpaired) electrons. The van der Waals surface area contributed by atoms with Crippen LogP contribution in [0.2, 0.25) is 0 Å². The third-order valence-corrected chi connectivity index (χ3v) is 3.67. The van der Waals surface area contributed by atoms with Crippen LogP contribution < -0.4 is 0 Å². The third kappa shape index (κ3) is 3.94. The van der Waals surface area contributed by atoms with Crippen molar-refractivity contribution >= 4 is 21.6 Å². The molecule has 0 rings (SSSR count). The SMILES string of the molecule is CCCCN(C)S(=O)(=O)CCl. The Morgan fingerprint density at radius 2 is 2.00 bits per heavy atom. The van der Waals surface area contributed by atoms with Crippen LogP contribution in [-0.4, -0.2) is 31.5 Å². The monoisotopic (exact) mass is 199 g/mol. The Balaban J connectivity index is 3.93. The molecule has 0 heterocycles. The van der Waals surface area contributed by atoms with Crippen molar-refractivity contribution in [3.63, 3.8) is 0 Å². The first kappa shape index (κ1) is 11.2. The number of alkyl halides is 1. The quantitative estimate of drug-likeness (QED) is 0.625. The van der Waals surface area contributed by atoms with Crippen LogP contribution in [0.4, 0.5) is 0 Å². The van der Waals surface area contributed by atoms with Gasteiger partial charge in [0.15, 0.2) is 0 Å². The van der Waals surface area contributed by atoms with Gasteiger partial charge in [0.05, 0.1) is 0 Å². The molecule has 0 saturated heterocycles. The van der Waals surface area contributed by atoms with E-state index in [1.807, 2.05) is 6.92 Å². The zero-order valence-corrected chi connectivity index (χ0v) is 8.45. The molecule has 0 unspecified atom stereocenters. The Bertz CT molecular complexity index is 191. The van der Waals surface area contributed by atoms with E-state index in [2.05, 4.69) is 0 Å². The van der Waals surface area contributed by atoms with Gasteiger partial charge in [0, 0.05) is 13.6 Å². The van der Waals surface area contributed by atoms with Gasteiger partial charge < -0.3 is 0 Å². The van der Waals surface area contributed by atoms with Crippen LogP contribution in [0.3, 0.4) is 0 Å². The van der Waals surface area contributed by atoms with Crippen LogP contribution in [0.25, 0.3) is 0 Å². The second-order valence-corrected chi connectivity index (χ2v) is 5.06. The maximum atomic E-state index is 11.0. The third-order valence-electron chi connectivity index (χ3n) is 1.44. The fourth-order valence-electron chi connectivity index (χ4n) is 0.603. The average molecular weight is 200 g/mol. The average Bonchev–Trinajstić information content (AvgIpc) is 2.00. The standard InChI is InChI=1S/C6H14ClNO2S/c1-3-4-5-8(2)11(9,10)6-7/h3-6H2,1-2H3. The van der Waals surface area contributed by atoms with E-state index >= 15 is 0 Å². The highest BCUT2D eigenvalue weighted by Crippen LogP contribution is 2.02. The van der Waals surface area contributed by atoms with Gasteiger partial charge in [-0.2, -0.15) is 0 Å². The number of halogens is 1. The largest absolute Gasteiger partial charge is 0.227 e. The lowest BCUT2D eigenvalue weighted by Gasteiger charge is -2.13. The summed E-state index contributed by atoms with van der Waals surface area (Å²) in [5.74, 6) is 0. The minimum atomic E-state index is -3.17. The van der Waals surface area contributed by atoms with Crippen molar-refractivity contribution in [2.75, 3.05) is 18.8 Å². The molecule has 0 aromatic carbocycles. The smallest absolute Gasteiger partial charge is 0.211 e. The molecule has 0 aromatic rings. The molecule has 0 saturated carbocycles. The zero-order valence-electron chi connectivity index (χ0n) is 6.88. The highest BCUT2D eigenvalue weighted by molar-refractivity contribution is 7.90. The molecule has 0 aliphatic rings. The van der Waals surface area contributed by atoms with Gasteiger partial charge in [0.1, 0.15) is 5.21 Å². The van der Waals surface area contributed by atoms with Crippen LogP contribution in [0, 0.1) is 0 Å². The van der Waals surface area contributed by atoms with Crippen molar-refractivity contribution in [1.29, 1.82) is 0 Å². The lowest BCUT2D eigenvalue weighted by atomic mass is 10.3. The molecule has 0 aliphatic heterocycles. The van der Waals surface area contributed by atoms with Crippen LogP contribution in [0.1, 0.15) is 19.8 Å². The maximum Gasteiger partial charge on any atom is 0.227 e. The van der Waals surface area contributed by atoms with Gasteiger partial charge in [-0.05, 0) is 6.42 Å². The molecule has 0 spiro atoms. The molecule has 3 nitrogen and oxygen atoms in total. The molecule has 0 N–H and O–H groups in total. The van der Waals surface area contributed by atoms with Crippen molar-refractivity contribution in [3.05, 3.63) is 0 Å². The van der Waals surface area contributed by atoms with E-state index in [4.69, 9.17) is 11.6 Å². The fraction of sp³-hybridized carbons (Fsp3) is 1.00. The number of hydrogen-bond donors (Lipinski definition) is 0. The van der Waals surface area contributed by atoms with Crippen molar-refractivity contribution in [1.82, 2.24) is 4.31 Å². The number of unbranched alkanes of at least 4 members (excludes halogenated alkanes) is 1. The molecule has 11 heavy (non-hydrogen) atoms. The summed E-state index contributed by atoms with van der Waals surface area (Å²) in [5, 5.41) is -0.326. The van der Waals surface area contributed by atoms with E-state index < -0.39 is 10.0 Å². The van der Waals surface area contributed by atoms with E-state index in [1.165, 1.54) is 4.31 Å². The summed E-state index contributed by atoms with van der Waals surface area (Å²) in [6.07, 6.45) is 1.87. The summed E-state index contributed by atoms with van der Waals surface area (Å²) in [7, 11) is -1.62. The van der Waals surface area contributed by atoms with Gasteiger partial charge in [-0.3, -0.25) is 0 Å². The van der Waals surface area contributed by atoms with Crippen molar-refractivity contribution in [2.45, 2.75) is 19.8 Å². The van der Waals surface area contributed by atoms with Gasteiger partial charge in [-0.1, -0.05) is 13.3 Å². The van der Waals surface area contributed by atoms with Gasteiger partial charge in [-0.25, -0.2) is 12.7 Å². The lowest BCUT2D eigenvalue weighted by molar-refractivity contribution is 0.463. The van der Waals surface area contributed by atoms with Gasteiger partial charge in [0.25, 0.3) is 0 Å². The first-order valence-corrected chi connectivity index (χ1v) is 5.69. The predicted octanol–water partition coefficient (Wildman–Crippen LogP) is 1.24. The zero-order chi connectivity index (χ0) is 8.91. The first-order valence-electron chi connectivity index (χ1n) is 3.54. The molecule has 0 aliphatic carbocycles. The highest BCUT2D eigenvalue weighted by Gasteiger charge is 2.14. The summed E-state index contributed by atoms with van der Waals surface area (Å²) < 4.78 is 23.3. The predicted molar refractivity (Wildman–Crippen MR) is 47.2 cm³/mol. The van der Waals surface area contributed by atoms with Crippen molar-refractivity contribution < 1.29 is 8.42 Å². The Hall–Kier alpha value is 0.200. The summed E-state index contributed by atoms with van der Waals surface area (Å²) in [6, 6.07) is 0. The molecule has 0 amide bonds. The van der Waals surface area contributed by atoms with Crippen LogP contribution in [0.15, 0.2) is 0 Å². The van der Waals surface area contributed by atoms with Crippen LogP contribution in [-0.2, 0) is 10.0 Å². The second-order valence-electron chi connectivity index (χ2n) is 2.40. The van der Waals surface area contributed by atoms with Crippen LogP contribution >= 0.6 is 11.6 Å². The summed E-state index contributed by atoms with van der Waals surface area (Å²) in [5.41, 5.74) is 0. The molecule has 0 aromatic heterocycles.